The van der Waals surface area contributed by atoms with E-state index >= 15 is 0 Å². The van der Waals surface area contributed by atoms with Crippen LogP contribution < -0.4 is 5.32 Å². The van der Waals surface area contributed by atoms with Gasteiger partial charge in [-0.1, -0.05) is 6.92 Å². The highest BCUT2D eigenvalue weighted by Crippen LogP contribution is 2.34. The third-order valence-corrected chi connectivity index (χ3v) is 4.37. The Balaban J connectivity index is 1.64. The van der Waals surface area contributed by atoms with Gasteiger partial charge in [0.2, 0.25) is 0 Å². The lowest BCUT2D eigenvalue weighted by atomic mass is 9.75. The Hall–Kier alpha value is -0.120. The van der Waals surface area contributed by atoms with Gasteiger partial charge in [-0.05, 0) is 51.6 Å². The van der Waals surface area contributed by atoms with E-state index in [1.807, 2.05) is 0 Å². The number of hydrogen-bond donors (Lipinski definition) is 2. The van der Waals surface area contributed by atoms with Gasteiger partial charge >= 0.3 is 0 Å². The maximum atomic E-state index is 9.98. The quantitative estimate of drug-likeness (QED) is 0.718. The SMILES string of the molecule is CCC1(NCC(O)CN2CCCC2)CCC1. The van der Waals surface area contributed by atoms with Crippen molar-refractivity contribution in [2.24, 2.45) is 0 Å². The fraction of sp³-hybridized carbons (Fsp3) is 1.00. The van der Waals surface area contributed by atoms with Crippen LogP contribution >= 0.6 is 0 Å². The fourth-order valence-electron chi connectivity index (χ4n) is 2.92. The topological polar surface area (TPSA) is 35.5 Å². The van der Waals surface area contributed by atoms with E-state index in [4.69, 9.17) is 0 Å². The molecule has 1 heterocycles. The van der Waals surface area contributed by atoms with Crippen molar-refractivity contribution in [3.63, 3.8) is 0 Å². The highest BCUT2D eigenvalue weighted by atomic mass is 16.3. The summed E-state index contributed by atoms with van der Waals surface area (Å²) in [5.41, 5.74) is 0.367. The molecule has 0 aromatic carbocycles. The van der Waals surface area contributed by atoms with Crippen LogP contribution in [0, 0.1) is 0 Å². The van der Waals surface area contributed by atoms with Crippen LogP contribution in [-0.2, 0) is 0 Å². The standard InChI is InChI=1S/C13H26N2O/c1-2-13(6-5-7-13)14-10-12(16)11-15-8-3-4-9-15/h12,14,16H,2-11H2,1H3. The molecule has 1 saturated heterocycles. The van der Waals surface area contributed by atoms with Crippen molar-refractivity contribution in [3.8, 4) is 0 Å². The average Bonchev–Trinajstić information content (AvgIpc) is 2.69. The maximum Gasteiger partial charge on any atom is 0.0791 e. The van der Waals surface area contributed by atoms with E-state index in [1.165, 1.54) is 51.6 Å². The van der Waals surface area contributed by atoms with Crippen molar-refractivity contribution in [2.75, 3.05) is 26.2 Å². The smallest absolute Gasteiger partial charge is 0.0791 e. The minimum absolute atomic E-state index is 0.192. The van der Waals surface area contributed by atoms with Crippen LogP contribution in [0.15, 0.2) is 0 Å². The lowest BCUT2D eigenvalue weighted by Crippen LogP contribution is -2.53. The molecular weight excluding hydrogens is 200 g/mol. The highest BCUT2D eigenvalue weighted by molar-refractivity contribution is 4.95. The number of nitrogens with zero attached hydrogens (tertiary/aromatic N) is 1. The van der Waals surface area contributed by atoms with Crippen molar-refractivity contribution in [1.29, 1.82) is 0 Å². The van der Waals surface area contributed by atoms with E-state index in [0.29, 0.717) is 5.54 Å². The molecular formula is C13H26N2O. The zero-order valence-electron chi connectivity index (χ0n) is 10.5. The molecule has 1 atom stereocenters. The molecule has 0 bridgehead atoms. The van der Waals surface area contributed by atoms with Crippen LogP contribution in [0.1, 0.15) is 45.4 Å². The van der Waals surface area contributed by atoms with E-state index in [9.17, 15) is 5.11 Å². The van der Waals surface area contributed by atoms with E-state index < -0.39 is 0 Å². The van der Waals surface area contributed by atoms with Gasteiger partial charge in [0.25, 0.3) is 0 Å². The minimum atomic E-state index is -0.192. The molecule has 2 N–H and O–H groups in total. The number of aliphatic hydroxyl groups excluding tert-OH is 1. The highest BCUT2D eigenvalue weighted by Gasteiger charge is 2.34. The minimum Gasteiger partial charge on any atom is -0.390 e. The fourth-order valence-corrected chi connectivity index (χ4v) is 2.92. The molecule has 1 aliphatic heterocycles. The summed E-state index contributed by atoms with van der Waals surface area (Å²) in [6.07, 6.45) is 7.55. The Morgan fingerprint density at radius 3 is 2.44 bits per heavy atom. The summed E-state index contributed by atoms with van der Waals surface area (Å²) in [6, 6.07) is 0. The number of likely N-dealkylation sites (tertiary alicyclic amines) is 1. The van der Waals surface area contributed by atoms with Crippen LogP contribution in [0.5, 0.6) is 0 Å². The Morgan fingerprint density at radius 1 is 1.25 bits per heavy atom. The van der Waals surface area contributed by atoms with Gasteiger partial charge in [0.15, 0.2) is 0 Å². The predicted molar refractivity (Wildman–Crippen MR) is 66.6 cm³/mol. The third-order valence-electron chi connectivity index (χ3n) is 4.37. The molecule has 2 rings (SSSR count). The van der Waals surface area contributed by atoms with E-state index in [2.05, 4.69) is 17.1 Å². The monoisotopic (exact) mass is 226 g/mol. The van der Waals surface area contributed by atoms with Crippen LogP contribution in [0.3, 0.4) is 0 Å². The summed E-state index contributed by atoms with van der Waals surface area (Å²) < 4.78 is 0. The molecule has 94 valence electrons. The van der Waals surface area contributed by atoms with Gasteiger partial charge in [-0.3, -0.25) is 0 Å². The molecule has 0 aromatic heterocycles. The Kier molecular flexibility index (Phi) is 4.22. The van der Waals surface area contributed by atoms with Gasteiger partial charge in [0.05, 0.1) is 6.10 Å². The lowest BCUT2D eigenvalue weighted by molar-refractivity contribution is 0.0931. The number of hydrogen-bond acceptors (Lipinski definition) is 3. The molecule has 0 spiro atoms. The summed E-state index contributed by atoms with van der Waals surface area (Å²) >= 11 is 0. The summed E-state index contributed by atoms with van der Waals surface area (Å²) in [5, 5.41) is 13.6. The molecule has 0 aromatic rings. The van der Waals surface area contributed by atoms with Crippen molar-refractivity contribution < 1.29 is 5.11 Å². The van der Waals surface area contributed by atoms with Gasteiger partial charge in [-0.25, -0.2) is 0 Å². The van der Waals surface area contributed by atoms with E-state index in [1.54, 1.807) is 0 Å². The van der Waals surface area contributed by atoms with Gasteiger partial charge in [-0.15, -0.1) is 0 Å². The second-order valence-corrected chi connectivity index (χ2v) is 5.53. The zero-order valence-corrected chi connectivity index (χ0v) is 10.5. The second-order valence-electron chi connectivity index (χ2n) is 5.53. The van der Waals surface area contributed by atoms with Crippen LogP contribution in [0.2, 0.25) is 0 Å². The van der Waals surface area contributed by atoms with Crippen molar-refractivity contribution >= 4 is 0 Å². The predicted octanol–water partition coefficient (Wildman–Crippen LogP) is 1.37. The average molecular weight is 226 g/mol. The molecule has 0 radical (unpaired) electrons. The van der Waals surface area contributed by atoms with Gasteiger partial charge in [-0.2, -0.15) is 0 Å². The number of β-amino-alcohol motifs (C(OH)–C–C–N with tert-alkyl or cyclic N) is 1. The molecule has 1 aliphatic carbocycles. The van der Waals surface area contributed by atoms with Crippen LogP contribution in [0.4, 0.5) is 0 Å². The van der Waals surface area contributed by atoms with Crippen LogP contribution in [0.25, 0.3) is 0 Å². The number of aliphatic hydroxyl groups is 1. The zero-order chi connectivity index (χ0) is 11.4. The Morgan fingerprint density at radius 2 is 1.94 bits per heavy atom. The molecule has 1 unspecified atom stereocenters. The first-order chi connectivity index (χ1) is 7.74. The van der Waals surface area contributed by atoms with Crippen molar-refractivity contribution in [2.45, 2.75) is 57.1 Å². The normalized spacial score (nSPS) is 26.6. The number of nitrogens with one attached hydrogen (secondary N) is 1. The van der Waals surface area contributed by atoms with E-state index in [-0.39, 0.29) is 6.10 Å². The van der Waals surface area contributed by atoms with Gasteiger partial charge < -0.3 is 15.3 Å². The second kappa shape index (κ2) is 5.48. The molecule has 3 nitrogen and oxygen atoms in total. The first kappa shape index (κ1) is 12.3. The Bertz CT molecular complexity index is 204. The molecule has 2 aliphatic rings. The molecule has 16 heavy (non-hydrogen) atoms. The van der Waals surface area contributed by atoms with Gasteiger partial charge in [0.1, 0.15) is 0 Å². The van der Waals surface area contributed by atoms with Crippen molar-refractivity contribution in [1.82, 2.24) is 10.2 Å². The molecule has 0 amide bonds. The van der Waals surface area contributed by atoms with Gasteiger partial charge in [0, 0.05) is 18.6 Å². The summed E-state index contributed by atoms with van der Waals surface area (Å²) in [7, 11) is 0. The van der Waals surface area contributed by atoms with Crippen molar-refractivity contribution in [3.05, 3.63) is 0 Å². The maximum absolute atomic E-state index is 9.98. The van der Waals surface area contributed by atoms with E-state index in [0.717, 1.165) is 13.1 Å². The Labute approximate surface area is 99.2 Å². The first-order valence-corrected chi connectivity index (χ1v) is 6.89. The summed E-state index contributed by atoms with van der Waals surface area (Å²) in [5.74, 6) is 0. The largest absolute Gasteiger partial charge is 0.390 e. The number of rotatable bonds is 6. The molecule has 2 fully saturated rings. The summed E-state index contributed by atoms with van der Waals surface area (Å²) in [6.45, 7) is 6.22. The third kappa shape index (κ3) is 2.96. The molecule has 3 heteroatoms. The first-order valence-electron chi connectivity index (χ1n) is 6.89. The van der Waals surface area contributed by atoms with Crippen LogP contribution in [-0.4, -0.2) is 47.8 Å². The lowest BCUT2D eigenvalue weighted by Gasteiger charge is -2.43. The summed E-state index contributed by atoms with van der Waals surface area (Å²) in [4.78, 5) is 2.38. The molecule has 1 saturated carbocycles.